The lowest BCUT2D eigenvalue weighted by Gasteiger charge is -2.58. The van der Waals surface area contributed by atoms with Crippen LogP contribution in [0.1, 0.15) is 79.1 Å². The van der Waals surface area contributed by atoms with Gasteiger partial charge in [-0.05, 0) is 78.3 Å². The second-order valence-corrected chi connectivity index (χ2v) is 11.3. The van der Waals surface area contributed by atoms with Crippen molar-refractivity contribution < 1.29 is 28.6 Å². The highest BCUT2D eigenvalue weighted by atomic mass is 16.5. The van der Waals surface area contributed by atoms with Crippen molar-refractivity contribution in [3.05, 3.63) is 34.9 Å². The van der Waals surface area contributed by atoms with Gasteiger partial charge in [-0.3, -0.25) is 9.59 Å². The number of allylic oxidation sites excluding steroid dienone is 3. The molecule has 2 saturated carbocycles. The molecule has 0 aromatic heterocycles. The maximum absolute atomic E-state index is 12.2. The molecule has 6 heteroatoms. The number of fused-ring (bicyclic) bond motifs is 5. The number of carbonyl (C=O) groups is 3. The van der Waals surface area contributed by atoms with Crippen molar-refractivity contribution in [1.82, 2.24) is 0 Å². The Labute approximate surface area is 209 Å². The lowest BCUT2D eigenvalue weighted by molar-refractivity contribution is -0.148. The van der Waals surface area contributed by atoms with Crippen molar-refractivity contribution >= 4 is 17.9 Å². The van der Waals surface area contributed by atoms with E-state index >= 15 is 0 Å². The monoisotopic (exact) mass is 484 g/mol. The Kier molecular flexibility index (Phi) is 7.31. The molecular formula is C29H40O6. The van der Waals surface area contributed by atoms with Crippen LogP contribution in [0.3, 0.4) is 0 Å². The highest BCUT2D eigenvalue weighted by Gasteiger charge is 2.57. The molecule has 4 rings (SSSR count). The van der Waals surface area contributed by atoms with Gasteiger partial charge in [-0.15, -0.1) is 0 Å². The summed E-state index contributed by atoms with van der Waals surface area (Å²) < 4.78 is 15.7. The Morgan fingerprint density at radius 3 is 2.43 bits per heavy atom. The molecule has 6 unspecified atom stereocenters. The molecule has 0 bridgehead atoms. The Morgan fingerprint density at radius 1 is 1.00 bits per heavy atom. The molecule has 6 atom stereocenters. The molecule has 0 heterocycles. The predicted octanol–water partition coefficient (Wildman–Crippen LogP) is 5.47. The molecule has 0 aromatic carbocycles. The SMILES string of the molecule is COC(=O)/C=C(/CCOC(C)=O)C1=CCC2C3CC=C4CC(OC(C)=O)CCC4(C)C3CCC12C. The third-order valence-electron chi connectivity index (χ3n) is 9.49. The van der Waals surface area contributed by atoms with Crippen LogP contribution in [0.15, 0.2) is 34.9 Å². The van der Waals surface area contributed by atoms with Crippen molar-refractivity contribution in [2.24, 2.45) is 28.6 Å². The minimum Gasteiger partial charge on any atom is -0.466 e. The number of esters is 3. The zero-order valence-corrected chi connectivity index (χ0v) is 21.9. The van der Waals surface area contributed by atoms with Gasteiger partial charge in [0.2, 0.25) is 0 Å². The fourth-order valence-electron chi connectivity index (χ4n) is 7.82. The molecule has 4 aliphatic rings. The first kappa shape index (κ1) is 25.7. The summed E-state index contributed by atoms with van der Waals surface area (Å²) in [5.74, 6) is 0.873. The second-order valence-electron chi connectivity index (χ2n) is 11.3. The maximum Gasteiger partial charge on any atom is 0.330 e. The van der Waals surface area contributed by atoms with Gasteiger partial charge >= 0.3 is 17.9 Å². The van der Waals surface area contributed by atoms with Crippen molar-refractivity contribution in [2.75, 3.05) is 13.7 Å². The van der Waals surface area contributed by atoms with Gasteiger partial charge in [0.05, 0.1) is 13.7 Å². The summed E-state index contributed by atoms with van der Waals surface area (Å²) in [4.78, 5) is 35.0. The Hall–Kier alpha value is -2.37. The summed E-state index contributed by atoms with van der Waals surface area (Å²) in [6, 6.07) is 0. The Bertz CT molecular complexity index is 974. The van der Waals surface area contributed by atoms with Crippen LogP contribution in [-0.2, 0) is 28.6 Å². The normalized spacial score (nSPS) is 36.1. The van der Waals surface area contributed by atoms with Crippen LogP contribution < -0.4 is 0 Å². The smallest absolute Gasteiger partial charge is 0.330 e. The maximum atomic E-state index is 12.2. The Balaban J connectivity index is 1.55. The molecule has 0 aromatic rings. The van der Waals surface area contributed by atoms with E-state index in [4.69, 9.17) is 14.2 Å². The van der Waals surface area contributed by atoms with E-state index in [0.29, 0.717) is 24.2 Å². The fourth-order valence-corrected chi connectivity index (χ4v) is 7.82. The number of rotatable bonds is 6. The molecule has 0 spiro atoms. The van der Waals surface area contributed by atoms with E-state index in [1.807, 2.05) is 0 Å². The second kappa shape index (κ2) is 9.94. The summed E-state index contributed by atoms with van der Waals surface area (Å²) in [6.45, 7) is 7.97. The molecule has 4 aliphatic carbocycles. The molecule has 192 valence electrons. The average molecular weight is 485 g/mol. The molecule has 0 saturated heterocycles. The number of hydrogen-bond acceptors (Lipinski definition) is 6. The molecule has 2 fully saturated rings. The first-order chi connectivity index (χ1) is 16.6. The zero-order chi connectivity index (χ0) is 25.4. The lowest BCUT2D eigenvalue weighted by atomic mass is 9.47. The van der Waals surface area contributed by atoms with Gasteiger partial charge in [0.25, 0.3) is 0 Å². The quantitative estimate of drug-likeness (QED) is 0.215. The minimum absolute atomic E-state index is 0.00606. The van der Waals surface area contributed by atoms with E-state index in [1.54, 1.807) is 6.08 Å². The first-order valence-corrected chi connectivity index (χ1v) is 13.1. The lowest BCUT2D eigenvalue weighted by Crippen LogP contribution is -2.50. The van der Waals surface area contributed by atoms with Crippen LogP contribution >= 0.6 is 0 Å². The van der Waals surface area contributed by atoms with Gasteiger partial charge in [-0.25, -0.2) is 4.79 Å². The van der Waals surface area contributed by atoms with E-state index < -0.39 is 0 Å². The molecule has 35 heavy (non-hydrogen) atoms. The largest absolute Gasteiger partial charge is 0.466 e. The fraction of sp³-hybridized carbons (Fsp3) is 0.690. The summed E-state index contributed by atoms with van der Waals surface area (Å²) in [6.07, 6.45) is 14.1. The van der Waals surface area contributed by atoms with E-state index in [2.05, 4.69) is 26.0 Å². The number of carbonyl (C=O) groups excluding carboxylic acids is 3. The van der Waals surface area contributed by atoms with Crippen LogP contribution in [0.2, 0.25) is 0 Å². The Morgan fingerprint density at radius 2 is 1.74 bits per heavy atom. The van der Waals surface area contributed by atoms with Crippen LogP contribution in [0.5, 0.6) is 0 Å². The summed E-state index contributed by atoms with van der Waals surface area (Å²) in [5.41, 5.74) is 3.81. The summed E-state index contributed by atoms with van der Waals surface area (Å²) in [7, 11) is 1.39. The van der Waals surface area contributed by atoms with Crippen molar-refractivity contribution in [2.45, 2.75) is 85.2 Å². The number of hydrogen-bond donors (Lipinski definition) is 0. The zero-order valence-electron chi connectivity index (χ0n) is 21.9. The van der Waals surface area contributed by atoms with Gasteiger partial charge in [0, 0.05) is 32.8 Å². The van der Waals surface area contributed by atoms with Crippen LogP contribution in [-0.4, -0.2) is 37.7 Å². The summed E-state index contributed by atoms with van der Waals surface area (Å²) in [5, 5.41) is 0. The molecular weight excluding hydrogens is 444 g/mol. The topological polar surface area (TPSA) is 78.9 Å². The highest BCUT2D eigenvalue weighted by Crippen LogP contribution is 2.65. The van der Waals surface area contributed by atoms with Crippen molar-refractivity contribution in [3.8, 4) is 0 Å². The third kappa shape index (κ3) is 4.85. The van der Waals surface area contributed by atoms with E-state index in [9.17, 15) is 14.4 Å². The highest BCUT2D eigenvalue weighted by molar-refractivity contribution is 5.83. The standard InChI is InChI=1S/C29H40O6/c1-18(30)34-15-12-20(16-27(32)33-5)24-8-9-25-23-7-6-21-17-22(35-19(2)31)10-13-28(21,3)26(23)11-14-29(24,25)4/h6,8,16,22-23,25-26H,7,9-15,17H2,1-5H3/b20-16-. The van der Waals surface area contributed by atoms with E-state index in [1.165, 1.54) is 32.1 Å². The van der Waals surface area contributed by atoms with Gasteiger partial charge in [-0.2, -0.15) is 0 Å². The van der Waals surface area contributed by atoms with Gasteiger partial charge in [0.15, 0.2) is 0 Å². The van der Waals surface area contributed by atoms with E-state index in [0.717, 1.165) is 50.5 Å². The molecule has 6 nitrogen and oxygen atoms in total. The first-order valence-electron chi connectivity index (χ1n) is 13.1. The van der Waals surface area contributed by atoms with Gasteiger partial charge < -0.3 is 14.2 Å². The van der Waals surface area contributed by atoms with Crippen LogP contribution in [0.25, 0.3) is 0 Å². The molecule has 0 amide bonds. The molecule has 0 N–H and O–H groups in total. The van der Waals surface area contributed by atoms with E-state index in [-0.39, 0.29) is 41.4 Å². The average Bonchev–Trinajstić information content (AvgIpc) is 3.15. The van der Waals surface area contributed by atoms with Gasteiger partial charge in [-0.1, -0.05) is 31.6 Å². The third-order valence-corrected chi connectivity index (χ3v) is 9.49. The molecule has 0 radical (unpaired) electrons. The predicted molar refractivity (Wildman–Crippen MR) is 132 cm³/mol. The van der Waals surface area contributed by atoms with Crippen molar-refractivity contribution in [1.29, 1.82) is 0 Å². The van der Waals surface area contributed by atoms with Crippen LogP contribution in [0, 0.1) is 28.6 Å². The van der Waals surface area contributed by atoms with Gasteiger partial charge in [0.1, 0.15) is 6.10 Å². The van der Waals surface area contributed by atoms with Crippen molar-refractivity contribution in [3.63, 3.8) is 0 Å². The molecule has 0 aliphatic heterocycles. The summed E-state index contributed by atoms with van der Waals surface area (Å²) >= 11 is 0. The number of methoxy groups -OCH3 is 1. The number of ether oxygens (including phenoxy) is 3. The van der Waals surface area contributed by atoms with Crippen LogP contribution in [0.4, 0.5) is 0 Å². The minimum atomic E-state index is -0.369.